The van der Waals surface area contributed by atoms with E-state index >= 15 is 0 Å². The molecule has 0 radical (unpaired) electrons. The second-order valence-corrected chi connectivity index (χ2v) is 6.30. The van der Waals surface area contributed by atoms with E-state index in [2.05, 4.69) is 81.5 Å². The van der Waals surface area contributed by atoms with Gasteiger partial charge >= 0.3 is 0 Å². The highest BCUT2D eigenvalue weighted by Crippen LogP contribution is 2.26. The third-order valence-corrected chi connectivity index (χ3v) is 3.62. The summed E-state index contributed by atoms with van der Waals surface area (Å²) in [6.45, 7) is 10.8. The molecule has 0 aromatic heterocycles. The molecule has 106 valence electrons. The summed E-state index contributed by atoms with van der Waals surface area (Å²) >= 11 is 0. The lowest BCUT2D eigenvalue weighted by atomic mass is 9.86. The van der Waals surface area contributed by atoms with Crippen molar-refractivity contribution in [3.8, 4) is 11.1 Å². The minimum atomic E-state index is 0.216. The lowest BCUT2D eigenvalue weighted by Gasteiger charge is -2.19. The SMILES string of the molecule is CCNCc1ccc(-c2ccc(C(C)(C)C)cc2)cc1. The van der Waals surface area contributed by atoms with E-state index < -0.39 is 0 Å². The third kappa shape index (κ3) is 3.71. The number of benzene rings is 2. The number of nitrogens with one attached hydrogen (secondary N) is 1. The molecule has 0 atom stereocenters. The Hall–Kier alpha value is -1.60. The van der Waals surface area contributed by atoms with Gasteiger partial charge in [0.25, 0.3) is 0 Å². The standard InChI is InChI=1S/C19H25N/c1-5-20-14-15-6-8-16(9-7-15)17-10-12-18(13-11-17)19(2,3)4/h6-13,20H,5,14H2,1-4H3. The van der Waals surface area contributed by atoms with Crippen LogP contribution in [0.1, 0.15) is 38.8 Å². The van der Waals surface area contributed by atoms with Gasteiger partial charge in [0.1, 0.15) is 0 Å². The molecule has 0 aliphatic heterocycles. The van der Waals surface area contributed by atoms with Gasteiger partial charge < -0.3 is 5.32 Å². The molecular weight excluding hydrogens is 242 g/mol. The van der Waals surface area contributed by atoms with Crippen LogP contribution in [0.2, 0.25) is 0 Å². The summed E-state index contributed by atoms with van der Waals surface area (Å²) in [5, 5.41) is 3.35. The van der Waals surface area contributed by atoms with Crippen LogP contribution in [0.15, 0.2) is 48.5 Å². The summed E-state index contributed by atoms with van der Waals surface area (Å²) in [4.78, 5) is 0. The molecular formula is C19H25N. The largest absolute Gasteiger partial charge is 0.313 e. The maximum Gasteiger partial charge on any atom is 0.0205 e. The molecule has 2 aromatic rings. The normalized spacial score (nSPS) is 11.6. The van der Waals surface area contributed by atoms with E-state index in [1.807, 2.05) is 0 Å². The van der Waals surface area contributed by atoms with Crippen LogP contribution < -0.4 is 5.32 Å². The van der Waals surface area contributed by atoms with Gasteiger partial charge in [-0.2, -0.15) is 0 Å². The van der Waals surface area contributed by atoms with E-state index in [4.69, 9.17) is 0 Å². The first-order chi connectivity index (χ1) is 9.50. The van der Waals surface area contributed by atoms with Crippen molar-refractivity contribution in [3.05, 3.63) is 59.7 Å². The molecule has 1 nitrogen and oxygen atoms in total. The summed E-state index contributed by atoms with van der Waals surface area (Å²) in [6.07, 6.45) is 0. The van der Waals surface area contributed by atoms with Crippen LogP contribution in [-0.4, -0.2) is 6.54 Å². The average Bonchev–Trinajstić information content (AvgIpc) is 2.45. The summed E-state index contributed by atoms with van der Waals surface area (Å²) in [7, 11) is 0. The second-order valence-electron chi connectivity index (χ2n) is 6.30. The van der Waals surface area contributed by atoms with Crippen LogP contribution in [0.3, 0.4) is 0 Å². The minimum absolute atomic E-state index is 0.216. The zero-order valence-electron chi connectivity index (χ0n) is 13.0. The molecule has 1 N–H and O–H groups in total. The molecule has 0 amide bonds. The Morgan fingerprint density at radius 1 is 0.800 bits per heavy atom. The van der Waals surface area contributed by atoms with Crippen LogP contribution in [0.4, 0.5) is 0 Å². The van der Waals surface area contributed by atoms with Gasteiger partial charge in [0.05, 0.1) is 0 Å². The lowest BCUT2D eigenvalue weighted by Crippen LogP contribution is -2.11. The first-order valence-electron chi connectivity index (χ1n) is 7.41. The summed E-state index contributed by atoms with van der Waals surface area (Å²) in [5.41, 5.74) is 5.50. The topological polar surface area (TPSA) is 12.0 Å². The summed E-state index contributed by atoms with van der Waals surface area (Å²) in [6, 6.07) is 17.7. The molecule has 2 aromatic carbocycles. The minimum Gasteiger partial charge on any atom is -0.313 e. The van der Waals surface area contributed by atoms with Gasteiger partial charge in [-0.15, -0.1) is 0 Å². The van der Waals surface area contributed by atoms with Crippen LogP contribution in [0, 0.1) is 0 Å². The van der Waals surface area contributed by atoms with Gasteiger partial charge in [-0.1, -0.05) is 76.2 Å². The van der Waals surface area contributed by atoms with E-state index in [0.29, 0.717) is 0 Å². The lowest BCUT2D eigenvalue weighted by molar-refractivity contribution is 0.590. The first-order valence-corrected chi connectivity index (χ1v) is 7.41. The number of rotatable bonds is 4. The van der Waals surface area contributed by atoms with Gasteiger partial charge in [0, 0.05) is 6.54 Å². The highest BCUT2D eigenvalue weighted by Gasteiger charge is 2.12. The maximum atomic E-state index is 3.35. The highest BCUT2D eigenvalue weighted by molar-refractivity contribution is 5.64. The van der Waals surface area contributed by atoms with Crippen molar-refractivity contribution in [3.63, 3.8) is 0 Å². The fraction of sp³-hybridized carbons (Fsp3) is 0.368. The Morgan fingerprint density at radius 2 is 1.30 bits per heavy atom. The second kappa shape index (κ2) is 6.23. The molecule has 0 aliphatic rings. The van der Waals surface area contributed by atoms with Gasteiger partial charge in [-0.3, -0.25) is 0 Å². The van der Waals surface area contributed by atoms with Crippen molar-refractivity contribution in [2.75, 3.05) is 6.54 Å². The van der Waals surface area contributed by atoms with E-state index in [1.54, 1.807) is 0 Å². The molecule has 0 fully saturated rings. The third-order valence-electron chi connectivity index (χ3n) is 3.62. The van der Waals surface area contributed by atoms with Crippen LogP contribution in [0.5, 0.6) is 0 Å². The molecule has 0 saturated carbocycles. The fourth-order valence-corrected chi connectivity index (χ4v) is 2.25. The Morgan fingerprint density at radius 3 is 1.75 bits per heavy atom. The Kier molecular flexibility index (Phi) is 4.61. The van der Waals surface area contributed by atoms with Crippen molar-refractivity contribution < 1.29 is 0 Å². The van der Waals surface area contributed by atoms with Crippen molar-refractivity contribution in [1.29, 1.82) is 0 Å². The molecule has 1 heteroatoms. The molecule has 0 unspecified atom stereocenters. The molecule has 0 saturated heterocycles. The van der Waals surface area contributed by atoms with Gasteiger partial charge in [0.2, 0.25) is 0 Å². The van der Waals surface area contributed by atoms with Crippen LogP contribution >= 0.6 is 0 Å². The fourth-order valence-electron chi connectivity index (χ4n) is 2.25. The van der Waals surface area contributed by atoms with E-state index in [0.717, 1.165) is 13.1 Å². The molecule has 0 spiro atoms. The van der Waals surface area contributed by atoms with Crippen molar-refractivity contribution in [1.82, 2.24) is 5.32 Å². The van der Waals surface area contributed by atoms with Crippen LogP contribution in [-0.2, 0) is 12.0 Å². The molecule has 0 heterocycles. The maximum absolute atomic E-state index is 3.35. The number of hydrogen-bond donors (Lipinski definition) is 1. The van der Waals surface area contributed by atoms with Crippen LogP contribution in [0.25, 0.3) is 11.1 Å². The van der Waals surface area contributed by atoms with E-state index in [-0.39, 0.29) is 5.41 Å². The van der Waals surface area contributed by atoms with Gasteiger partial charge in [-0.25, -0.2) is 0 Å². The highest BCUT2D eigenvalue weighted by atomic mass is 14.8. The molecule has 0 aliphatic carbocycles. The Balaban J connectivity index is 2.15. The zero-order chi connectivity index (χ0) is 14.6. The Labute approximate surface area is 123 Å². The van der Waals surface area contributed by atoms with E-state index in [9.17, 15) is 0 Å². The molecule has 2 rings (SSSR count). The molecule has 0 bridgehead atoms. The average molecular weight is 267 g/mol. The summed E-state index contributed by atoms with van der Waals surface area (Å²) < 4.78 is 0. The van der Waals surface area contributed by atoms with E-state index in [1.165, 1.54) is 22.3 Å². The monoisotopic (exact) mass is 267 g/mol. The van der Waals surface area contributed by atoms with Crippen molar-refractivity contribution in [2.24, 2.45) is 0 Å². The predicted molar refractivity (Wildman–Crippen MR) is 88.0 cm³/mol. The van der Waals surface area contributed by atoms with Crippen molar-refractivity contribution in [2.45, 2.75) is 39.7 Å². The van der Waals surface area contributed by atoms with Gasteiger partial charge in [0.15, 0.2) is 0 Å². The molecule has 20 heavy (non-hydrogen) atoms. The Bertz CT molecular complexity index is 529. The van der Waals surface area contributed by atoms with Gasteiger partial charge in [-0.05, 0) is 34.2 Å². The smallest absolute Gasteiger partial charge is 0.0205 e. The first kappa shape index (κ1) is 14.8. The van der Waals surface area contributed by atoms with Crippen molar-refractivity contribution >= 4 is 0 Å². The number of hydrogen-bond acceptors (Lipinski definition) is 1. The predicted octanol–water partition coefficient (Wildman–Crippen LogP) is 4.76. The summed E-state index contributed by atoms with van der Waals surface area (Å²) in [5.74, 6) is 0. The zero-order valence-corrected chi connectivity index (χ0v) is 13.0. The quantitative estimate of drug-likeness (QED) is 0.842.